The van der Waals surface area contributed by atoms with Crippen molar-refractivity contribution in [2.24, 2.45) is 5.92 Å². The van der Waals surface area contributed by atoms with E-state index in [2.05, 4.69) is 86.2 Å². The lowest BCUT2D eigenvalue weighted by Crippen LogP contribution is -2.20. The van der Waals surface area contributed by atoms with E-state index in [1.165, 1.54) is 74.5 Å². The molecular formula is C37H52N2O2. The van der Waals surface area contributed by atoms with Crippen LogP contribution in [-0.2, 0) is 22.4 Å². The van der Waals surface area contributed by atoms with E-state index in [4.69, 9.17) is 4.74 Å². The first-order valence-corrected chi connectivity index (χ1v) is 16.2. The number of unbranched alkanes of at least 4 members (excludes halogenated alkanes) is 6. The molecule has 0 aliphatic rings. The highest BCUT2D eigenvalue weighted by Gasteiger charge is 2.14. The molecule has 1 heterocycles. The molecule has 222 valence electrons. The van der Waals surface area contributed by atoms with Gasteiger partial charge in [0.05, 0.1) is 0 Å². The Hall–Kier alpha value is -3.01. The Morgan fingerprint density at radius 2 is 1.32 bits per heavy atom. The first-order valence-electron chi connectivity index (χ1n) is 16.2. The first kappa shape index (κ1) is 32.5. The van der Waals surface area contributed by atoms with E-state index in [1.807, 2.05) is 12.4 Å². The zero-order valence-electron chi connectivity index (χ0n) is 26.0. The van der Waals surface area contributed by atoms with E-state index in [9.17, 15) is 4.79 Å². The normalized spacial score (nSPS) is 12.7. The van der Waals surface area contributed by atoms with E-state index < -0.39 is 0 Å². The summed E-state index contributed by atoms with van der Waals surface area (Å²) in [4.78, 5) is 21.6. The zero-order chi connectivity index (χ0) is 29.3. The van der Waals surface area contributed by atoms with Crippen LogP contribution in [0.5, 0.6) is 0 Å². The number of rotatable bonds is 19. The molecule has 0 bridgehead atoms. The number of benzene rings is 2. The van der Waals surface area contributed by atoms with Crippen LogP contribution in [0.2, 0.25) is 0 Å². The molecule has 0 spiro atoms. The summed E-state index contributed by atoms with van der Waals surface area (Å²) in [6.45, 7) is 8.81. The van der Waals surface area contributed by atoms with Crippen LogP contribution >= 0.6 is 0 Å². The lowest BCUT2D eigenvalue weighted by atomic mass is 10.00. The van der Waals surface area contributed by atoms with E-state index in [1.54, 1.807) is 0 Å². The second-order valence-corrected chi connectivity index (χ2v) is 11.7. The molecule has 0 aliphatic heterocycles. The van der Waals surface area contributed by atoms with Gasteiger partial charge in [-0.2, -0.15) is 0 Å². The van der Waals surface area contributed by atoms with Crippen LogP contribution in [0.3, 0.4) is 0 Å². The van der Waals surface area contributed by atoms with E-state index in [0.717, 1.165) is 36.3 Å². The van der Waals surface area contributed by atoms with Crippen molar-refractivity contribution in [2.75, 3.05) is 0 Å². The fourth-order valence-electron chi connectivity index (χ4n) is 5.14. The van der Waals surface area contributed by atoms with Gasteiger partial charge in [-0.3, -0.25) is 4.79 Å². The van der Waals surface area contributed by atoms with Gasteiger partial charge < -0.3 is 4.74 Å². The molecule has 0 radical (unpaired) electrons. The minimum Gasteiger partial charge on any atom is -0.462 e. The Morgan fingerprint density at radius 1 is 0.707 bits per heavy atom. The highest BCUT2D eigenvalue weighted by atomic mass is 16.5. The molecule has 0 fully saturated rings. The van der Waals surface area contributed by atoms with Gasteiger partial charge in [-0.25, -0.2) is 9.97 Å². The second-order valence-electron chi connectivity index (χ2n) is 11.7. The molecule has 3 rings (SSSR count). The number of esters is 1. The lowest BCUT2D eigenvalue weighted by molar-refractivity contribution is -0.149. The summed E-state index contributed by atoms with van der Waals surface area (Å²) in [5, 5.41) is 0. The largest absolute Gasteiger partial charge is 0.462 e. The van der Waals surface area contributed by atoms with Crippen molar-refractivity contribution in [3.05, 3.63) is 72.1 Å². The molecular weight excluding hydrogens is 504 g/mol. The standard InChI is InChI=1S/C37H52N2O2/c1-5-8-9-10-11-12-16-30-18-20-32(21-19-30)33-22-24-34(25-23-33)37-38-27-31(28-39-37)26-35(7-3)41-36(40)17-14-13-15-29(4)6-2/h18-25,27-29,35H,5-17,26H2,1-4H3/t29-,35?/m0/s1. The number of aromatic nitrogens is 2. The smallest absolute Gasteiger partial charge is 0.306 e. The Morgan fingerprint density at radius 3 is 1.95 bits per heavy atom. The molecule has 4 heteroatoms. The van der Waals surface area contributed by atoms with Crippen molar-refractivity contribution in [1.29, 1.82) is 0 Å². The van der Waals surface area contributed by atoms with Crippen LogP contribution in [-0.4, -0.2) is 22.0 Å². The Labute approximate surface area is 249 Å². The van der Waals surface area contributed by atoms with Crippen LogP contribution in [0.4, 0.5) is 0 Å². The molecule has 0 saturated carbocycles. The molecule has 0 aliphatic carbocycles. The quantitative estimate of drug-likeness (QED) is 0.109. The third-order valence-corrected chi connectivity index (χ3v) is 8.20. The van der Waals surface area contributed by atoms with E-state index in [0.29, 0.717) is 18.7 Å². The molecule has 1 aromatic heterocycles. The number of carbonyl (C=O) groups excluding carboxylic acids is 1. The summed E-state index contributed by atoms with van der Waals surface area (Å²) in [6.07, 6.45) is 19.1. The molecule has 2 atom stereocenters. The SMILES string of the molecule is CCCCCCCCc1ccc(-c2ccc(-c3ncc(CC(CC)OC(=O)CCCC[C@@H](C)CC)cn3)cc2)cc1. The van der Waals surface area contributed by atoms with Crippen LogP contribution in [0.15, 0.2) is 60.9 Å². The molecule has 1 unspecified atom stereocenters. The van der Waals surface area contributed by atoms with Crippen LogP contribution in [0.25, 0.3) is 22.5 Å². The summed E-state index contributed by atoms with van der Waals surface area (Å²) < 4.78 is 5.76. The van der Waals surface area contributed by atoms with Crippen LogP contribution < -0.4 is 0 Å². The molecule has 4 nitrogen and oxygen atoms in total. The van der Waals surface area contributed by atoms with Gasteiger partial charge in [0.15, 0.2) is 5.82 Å². The second kappa shape index (κ2) is 18.4. The van der Waals surface area contributed by atoms with Crippen molar-refractivity contribution in [2.45, 2.75) is 124 Å². The summed E-state index contributed by atoms with van der Waals surface area (Å²) in [6, 6.07) is 17.5. The maximum Gasteiger partial charge on any atom is 0.306 e. The molecule has 41 heavy (non-hydrogen) atoms. The predicted molar refractivity (Wildman–Crippen MR) is 172 cm³/mol. The molecule has 0 amide bonds. The van der Waals surface area contributed by atoms with Crippen molar-refractivity contribution in [3.63, 3.8) is 0 Å². The third kappa shape index (κ3) is 11.8. The topological polar surface area (TPSA) is 52.1 Å². The minimum absolute atomic E-state index is 0.0916. The predicted octanol–water partition coefficient (Wildman–Crippen LogP) is 10.2. The number of nitrogens with zero attached hydrogens (tertiary/aromatic N) is 2. The number of carbonyl (C=O) groups is 1. The molecule has 3 aromatic rings. The molecule has 2 aromatic carbocycles. The van der Waals surface area contributed by atoms with E-state index in [-0.39, 0.29) is 12.1 Å². The zero-order valence-corrected chi connectivity index (χ0v) is 26.0. The van der Waals surface area contributed by atoms with Crippen molar-refractivity contribution >= 4 is 5.97 Å². The minimum atomic E-state index is -0.136. The van der Waals surface area contributed by atoms with Crippen LogP contribution in [0.1, 0.15) is 116 Å². The average molecular weight is 557 g/mol. The summed E-state index contributed by atoms with van der Waals surface area (Å²) in [5.74, 6) is 1.35. The van der Waals surface area contributed by atoms with Crippen molar-refractivity contribution in [1.82, 2.24) is 9.97 Å². The van der Waals surface area contributed by atoms with Gasteiger partial charge in [-0.1, -0.05) is 128 Å². The summed E-state index contributed by atoms with van der Waals surface area (Å²) in [5.41, 5.74) is 5.84. The number of ether oxygens (including phenoxy) is 1. The maximum atomic E-state index is 12.3. The van der Waals surface area contributed by atoms with E-state index >= 15 is 0 Å². The Bertz CT molecular complexity index is 1120. The highest BCUT2D eigenvalue weighted by molar-refractivity contribution is 5.69. The van der Waals surface area contributed by atoms with Gasteiger partial charge in [0.1, 0.15) is 6.10 Å². The van der Waals surface area contributed by atoms with Crippen LogP contribution in [0, 0.1) is 5.92 Å². The number of hydrogen-bond acceptors (Lipinski definition) is 4. The number of hydrogen-bond donors (Lipinski definition) is 0. The number of aryl methyl sites for hydroxylation is 1. The summed E-state index contributed by atoms with van der Waals surface area (Å²) in [7, 11) is 0. The Balaban J connectivity index is 1.46. The van der Waals surface area contributed by atoms with Gasteiger partial charge in [-0.15, -0.1) is 0 Å². The molecule has 0 N–H and O–H groups in total. The van der Waals surface area contributed by atoms with Gasteiger partial charge in [0.2, 0.25) is 0 Å². The average Bonchev–Trinajstić information content (AvgIpc) is 3.01. The first-order chi connectivity index (χ1) is 20.0. The fraction of sp³-hybridized carbons (Fsp3) is 0.541. The van der Waals surface area contributed by atoms with Crippen molar-refractivity contribution < 1.29 is 9.53 Å². The lowest BCUT2D eigenvalue weighted by Gasteiger charge is -2.16. The van der Waals surface area contributed by atoms with Gasteiger partial charge in [0.25, 0.3) is 0 Å². The maximum absolute atomic E-state index is 12.3. The highest BCUT2D eigenvalue weighted by Crippen LogP contribution is 2.24. The van der Waals surface area contributed by atoms with Gasteiger partial charge >= 0.3 is 5.97 Å². The molecule has 0 saturated heterocycles. The van der Waals surface area contributed by atoms with Gasteiger partial charge in [-0.05, 0) is 53.9 Å². The van der Waals surface area contributed by atoms with Gasteiger partial charge in [0, 0.05) is 30.8 Å². The van der Waals surface area contributed by atoms with Crippen molar-refractivity contribution in [3.8, 4) is 22.5 Å². The Kier molecular flexibility index (Phi) is 14.6. The fourth-order valence-corrected chi connectivity index (χ4v) is 5.14. The summed E-state index contributed by atoms with van der Waals surface area (Å²) >= 11 is 0. The monoisotopic (exact) mass is 556 g/mol. The third-order valence-electron chi connectivity index (χ3n) is 8.20.